The third kappa shape index (κ3) is 5.36. The molecule has 1 aliphatic rings. The molecule has 2 heterocycles. The third-order valence-corrected chi connectivity index (χ3v) is 5.50. The van der Waals surface area contributed by atoms with Gasteiger partial charge in [-0.25, -0.2) is 0 Å². The second kappa shape index (κ2) is 9.57. The van der Waals surface area contributed by atoms with Crippen molar-refractivity contribution >= 4 is 5.91 Å². The predicted molar refractivity (Wildman–Crippen MR) is 115 cm³/mol. The lowest BCUT2D eigenvalue weighted by Gasteiger charge is -2.22. The lowest BCUT2D eigenvalue weighted by molar-refractivity contribution is -0.131. The highest BCUT2D eigenvalue weighted by Crippen LogP contribution is 2.22. The van der Waals surface area contributed by atoms with Crippen LogP contribution in [0.5, 0.6) is 0 Å². The van der Waals surface area contributed by atoms with E-state index in [1.807, 2.05) is 53.4 Å². The monoisotopic (exact) mass is 388 g/mol. The van der Waals surface area contributed by atoms with E-state index >= 15 is 0 Å². The molecule has 1 aromatic heterocycles. The number of hydrogen-bond donors (Lipinski definition) is 0. The zero-order valence-electron chi connectivity index (χ0n) is 16.8. The fraction of sp³-hybridized carbons (Fsp3) is 0.320. The maximum Gasteiger partial charge on any atom is 0.223 e. The fourth-order valence-electron chi connectivity index (χ4n) is 3.88. The Morgan fingerprint density at radius 1 is 0.828 bits per heavy atom. The summed E-state index contributed by atoms with van der Waals surface area (Å²) in [7, 11) is 0. The number of furan rings is 1. The first-order valence-electron chi connectivity index (χ1n) is 10.5. The van der Waals surface area contributed by atoms with Crippen LogP contribution in [0.25, 0.3) is 11.3 Å². The van der Waals surface area contributed by atoms with E-state index < -0.39 is 0 Å². The Hall–Kier alpha value is -2.85. The van der Waals surface area contributed by atoms with Crippen LogP contribution >= 0.6 is 0 Å². The summed E-state index contributed by atoms with van der Waals surface area (Å²) in [5.41, 5.74) is 2.40. The van der Waals surface area contributed by atoms with Crippen LogP contribution in [0.15, 0.2) is 77.2 Å². The van der Waals surface area contributed by atoms with Gasteiger partial charge in [-0.2, -0.15) is 0 Å². The molecule has 150 valence electrons. The van der Waals surface area contributed by atoms with E-state index in [9.17, 15) is 4.79 Å². The fourth-order valence-corrected chi connectivity index (χ4v) is 3.88. The molecule has 29 heavy (non-hydrogen) atoms. The van der Waals surface area contributed by atoms with Gasteiger partial charge in [0.15, 0.2) is 0 Å². The highest BCUT2D eigenvalue weighted by atomic mass is 16.3. The summed E-state index contributed by atoms with van der Waals surface area (Å²) < 4.78 is 5.94. The first-order chi connectivity index (χ1) is 14.3. The molecule has 2 aromatic carbocycles. The second-order valence-corrected chi connectivity index (χ2v) is 7.63. The minimum absolute atomic E-state index is 0.226. The molecule has 0 unspecified atom stereocenters. The van der Waals surface area contributed by atoms with E-state index in [1.165, 1.54) is 5.56 Å². The number of benzene rings is 2. The van der Waals surface area contributed by atoms with E-state index in [0.717, 1.165) is 56.2 Å². The Bertz CT molecular complexity index is 905. The Balaban J connectivity index is 1.26. The zero-order chi connectivity index (χ0) is 19.9. The lowest BCUT2D eigenvalue weighted by Crippen LogP contribution is -2.35. The van der Waals surface area contributed by atoms with Crippen molar-refractivity contribution in [3.8, 4) is 11.3 Å². The number of amides is 1. The number of rotatable bonds is 6. The van der Waals surface area contributed by atoms with Crippen LogP contribution in [0.3, 0.4) is 0 Å². The van der Waals surface area contributed by atoms with Crippen LogP contribution in [0, 0.1) is 0 Å². The minimum atomic E-state index is 0.226. The Labute approximate surface area is 172 Å². The van der Waals surface area contributed by atoms with Gasteiger partial charge in [0.05, 0.1) is 0 Å². The molecule has 0 N–H and O–H groups in total. The Morgan fingerprint density at radius 3 is 2.38 bits per heavy atom. The van der Waals surface area contributed by atoms with Gasteiger partial charge >= 0.3 is 0 Å². The smallest absolute Gasteiger partial charge is 0.223 e. The number of carbonyl (C=O) groups excluding carboxylic acids is 1. The first kappa shape index (κ1) is 19.5. The van der Waals surface area contributed by atoms with Crippen molar-refractivity contribution in [2.45, 2.75) is 25.8 Å². The quantitative estimate of drug-likeness (QED) is 0.619. The topological polar surface area (TPSA) is 36.7 Å². The van der Waals surface area contributed by atoms with Crippen molar-refractivity contribution in [2.24, 2.45) is 0 Å². The van der Waals surface area contributed by atoms with Gasteiger partial charge in [0.2, 0.25) is 5.91 Å². The van der Waals surface area contributed by atoms with E-state index in [4.69, 9.17) is 4.42 Å². The maximum atomic E-state index is 12.7. The van der Waals surface area contributed by atoms with Crippen LogP contribution in [0.4, 0.5) is 0 Å². The number of carbonyl (C=O) groups is 1. The van der Waals surface area contributed by atoms with Crippen molar-refractivity contribution in [1.29, 1.82) is 0 Å². The predicted octanol–water partition coefficient (Wildman–Crippen LogP) is 4.61. The van der Waals surface area contributed by atoms with Crippen molar-refractivity contribution in [1.82, 2.24) is 9.80 Å². The largest absolute Gasteiger partial charge is 0.461 e. The average molecular weight is 389 g/mol. The molecule has 0 aliphatic carbocycles. The molecule has 0 atom stereocenters. The van der Waals surface area contributed by atoms with Crippen LogP contribution in [-0.2, 0) is 17.8 Å². The molecule has 1 fully saturated rings. The Morgan fingerprint density at radius 2 is 1.59 bits per heavy atom. The Kier molecular flexibility index (Phi) is 6.42. The molecule has 4 nitrogen and oxygen atoms in total. The van der Waals surface area contributed by atoms with Crippen molar-refractivity contribution in [3.63, 3.8) is 0 Å². The zero-order valence-corrected chi connectivity index (χ0v) is 16.8. The number of aryl methyl sites for hydroxylation is 1. The van der Waals surface area contributed by atoms with Gasteiger partial charge in [-0.05, 0) is 24.1 Å². The SMILES string of the molecule is O=C(CCc1ccc(-c2ccccc2)o1)N1CCCN(Cc2ccccc2)CC1. The summed E-state index contributed by atoms with van der Waals surface area (Å²) in [5.74, 6) is 1.96. The van der Waals surface area contributed by atoms with Crippen LogP contribution in [-0.4, -0.2) is 41.9 Å². The molecular weight excluding hydrogens is 360 g/mol. The van der Waals surface area contributed by atoms with E-state index in [1.54, 1.807) is 0 Å². The van der Waals surface area contributed by atoms with E-state index in [2.05, 4.69) is 29.2 Å². The van der Waals surface area contributed by atoms with Crippen LogP contribution < -0.4 is 0 Å². The minimum Gasteiger partial charge on any atom is -0.461 e. The molecule has 1 saturated heterocycles. The van der Waals surface area contributed by atoms with Crippen molar-refractivity contribution < 1.29 is 9.21 Å². The third-order valence-electron chi connectivity index (χ3n) is 5.50. The van der Waals surface area contributed by atoms with Gasteiger partial charge in [0, 0.05) is 51.1 Å². The highest BCUT2D eigenvalue weighted by Gasteiger charge is 2.19. The standard InChI is InChI=1S/C25H28N2O2/c28-25(15-13-23-12-14-24(29-23)22-10-5-2-6-11-22)27-17-7-16-26(18-19-27)20-21-8-3-1-4-9-21/h1-6,8-12,14H,7,13,15-20H2. The molecule has 0 spiro atoms. The molecule has 1 amide bonds. The summed E-state index contributed by atoms with van der Waals surface area (Å²) in [4.78, 5) is 17.2. The second-order valence-electron chi connectivity index (χ2n) is 7.63. The van der Waals surface area contributed by atoms with Gasteiger partial charge in [-0.3, -0.25) is 9.69 Å². The van der Waals surface area contributed by atoms with Gasteiger partial charge in [-0.15, -0.1) is 0 Å². The number of nitrogens with zero attached hydrogens (tertiary/aromatic N) is 2. The van der Waals surface area contributed by atoms with Crippen molar-refractivity contribution in [2.75, 3.05) is 26.2 Å². The van der Waals surface area contributed by atoms with Gasteiger partial charge in [-0.1, -0.05) is 60.7 Å². The molecule has 4 rings (SSSR count). The summed E-state index contributed by atoms with van der Waals surface area (Å²) in [6.07, 6.45) is 2.17. The molecule has 0 bridgehead atoms. The van der Waals surface area contributed by atoms with E-state index in [-0.39, 0.29) is 5.91 Å². The first-order valence-corrected chi connectivity index (χ1v) is 10.5. The molecular formula is C25H28N2O2. The van der Waals surface area contributed by atoms with E-state index in [0.29, 0.717) is 12.8 Å². The molecule has 4 heteroatoms. The summed E-state index contributed by atoms with van der Waals surface area (Å²) in [6, 6.07) is 24.6. The molecule has 1 aliphatic heterocycles. The van der Waals surface area contributed by atoms with Crippen molar-refractivity contribution in [3.05, 3.63) is 84.1 Å². The summed E-state index contributed by atoms with van der Waals surface area (Å²) in [5, 5.41) is 0. The number of hydrogen-bond acceptors (Lipinski definition) is 3. The highest BCUT2D eigenvalue weighted by molar-refractivity contribution is 5.76. The van der Waals surface area contributed by atoms with Gasteiger partial charge < -0.3 is 9.32 Å². The maximum absolute atomic E-state index is 12.7. The van der Waals surface area contributed by atoms with Crippen LogP contribution in [0.1, 0.15) is 24.2 Å². The average Bonchev–Trinajstić information content (AvgIpc) is 3.12. The van der Waals surface area contributed by atoms with Gasteiger partial charge in [0.1, 0.15) is 11.5 Å². The molecule has 3 aromatic rings. The summed E-state index contributed by atoms with van der Waals surface area (Å²) in [6.45, 7) is 4.57. The van der Waals surface area contributed by atoms with Gasteiger partial charge in [0.25, 0.3) is 0 Å². The molecule has 0 saturated carbocycles. The lowest BCUT2D eigenvalue weighted by atomic mass is 10.2. The molecule has 0 radical (unpaired) electrons. The summed E-state index contributed by atoms with van der Waals surface area (Å²) >= 11 is 0. The van der Waals surface area contributed by atoms with Crippen LogP contribution in [0.2, 0.25) is 0 Å². The normalized spacial score (nSPS) is 15.2.